The lowest BCUT2D eigenvalue weighted by Crippen LogP contribution is -2.69. The quantitative estimate of drug-likeness (QED) is 0.469. The number of rotatable bonds is 6. The Hall–Kier alpha value is -2.11. The first-order valence-corrected chi connectivity index (χ1v) is 12.7. The number of amides is 1. The highest BCUT2D eigenvalue weighted by Crippen LogP contribution is 2.57. The van der Waals surface area contributed by atoms with E-state index in [-0.39, 0.29) is 34.0 Å². The molecule has 2 bridgehead atoms. The average Bonchev–Trinajstić information content (AvgIpc) is 2.80. The molecule has 2 unspecified atom stereocenters. The maximum absolute atomic E-state index is 13.4. The van der Waals surface area contributed by atoms with E-state index in [4.69, 9.17) is 11.6 Å². The Labute approximate surface area is 200 Å². The lowest BCUT2D eigenvalue weighted by Gasteiger charge is -2.60. The fraction of sp³-hybridized carbons (Fsp3) is 0.435. The van der Waals surface area contributed by atoms with Crippen molar-refractivity contribution in [1.82, 2.24) is 0 Å². The topological polar surface area (TPSA) is 124 Å². The zero-order chi connectivity index (χ0) is 25.0. The van der Waals surface area contributed by atoms with E-state index in [2.05, 4.69) is 5.32 Å². The predicted molar refractivity (Wildman–Crippen MR) is 120 cm³/mol. The molecule has 5 rings (SSSR count). The fourth-order valence-corrected chi connectivity index (χ4v) is 7.54. The number of halogens is 3. The summed E-state index contributed by atoms with van der Waals surface area (Å²) in [7, 11) is -4.01. The van der Waals surface area contributed by atoms with Crippen molar-refractivity contribution in [2.45, 2.75) is 54.1 Å². The van der Waals surface area contributed by atoms with E-state index in [1.165, 1.54) is 25.1 Å². The van der Waals surface area contributed by atoms with Crippen LogP contribution in [-0.2, 0) is 9.84 Å². The average molecular weight is 516 g/mol. The largest absolute Gasteiger partial charge is 0.391 e. The minimum Gasteiger partial charge on any atom is -0.391 e. The van der Waals surface area contributed by atoms with E-state index < -0.39 is 62.3 Å². The molecule has 7 nitrogen and oxygen atoms in total. The molecule has 4 atom stereocenters. The van der Waals surface area contributed by atoms with E-state index in [0.717, 1.165) is 18.2 Å². The summed E-state index contributed by atoms with van der Waals surface area (Å²) in [6.07, 6.45) is -1.87. The van der Waals surface area contributed by atoms with Crippen LogP contribution in [0.5, 0.6) is 0 Å². The van der Waals surface area contributed by atoms with Gasteiger partial charge >= 0.3 is 0 Å². The van der Waals surface area contributed by atoms with Crippen molar-refractivity contribution < 1.29 is 37.3 Å². The van der Waals surface area contributed by atoms with E-state index in [1.807, 2.05) is 0 Å². The Morgan fingerprint density at radius 3 is 2.32 bits per heavy atom. The van der Waals surface area contributed by atoms with Crippen LogP contribution in [0.4, 0.5) is 14.5 Å². The molecule has 3 aliphatic carbocycles. The number of fused-ring (bicyclic) bond motifs is 2. The van der Waals surface area contributed by atoms with Gasteiger partial charge in [0.1, 0.15) is 6.10 Å². The molecule has 4 N–H and O–H groups in total. The SMILES string of the molecule is C[C@@H](O)[C@@H](O)[C@]1(O)C2CC1C[C@@H](S(=O)(=O)c1cc(C(=O)Nc3ccc(F)c(F)c3)ccc1Cl)C2. The second-order valence-electron chi connectivity index (χ2n) is 9.07. The van der Waals surface area contributed by atoms with Gasteiger partial charge < -0.3 is 20.6 Å². The van der Waals surface area contributed by atoms with Gasteiger partial charge in [-0.3, -0.25) is 4.79 Å². The van der Waals surface area contributed by atoms with Crippen LogP contribution < -0.4 is 5.32 Å². The number of aliphatic hydroxyl groups is 3. The highest BCUT2D eigenvalue weighted by molar-refractivity contribution is 7.92. The van der Waals surface area contributed by atoms with Gasteiger partial charge in [-0.2, -0.15) is 0 Å². The zero-order valence-corrected chi connectivity index (χ0v) is 19.7. The summed E-state index contributed by atoms with van der Waals surface area (Å²) in [6, 6.07) is 6.54. The molecule has 0 aliphatic heterocycles. The molecule has 0 radical (unpaired) electrons. The highest BCUT2D eigenvalue weighted by atomic mass is 35.5. The lowest BCUT2D eigenvalue weighted by atomic mass is 9.51. The summed E-state index contributed by atoms with van der Waals surface area (Å²) >= 11 is 6.17. The molecule has 0 heterocycles. The van der Waals surface area contributed by atoms with Crippen LogP contribution >= 0.6 is 11.6 Å². The van der Waals surface area contributed by atoms with Crippen molar-refractivity contribution in [3.05, 3.63) is 58.6 Å². The van der Waals surface area contributed by atoms with E-state index in [1.54, 1.807) is 0 Å². The third-order valence-corrected chi connectivity index (χ3v) is 9.67. The first kappa shape index (κ1) is 25.0. The summed E-state index contributed by atoms with van der Waals surface area (Å²) in [5, 5.41) is 32.3. The maximum Gasteiger partial charge on any atom is 0.255 e. The van der Waals surface area contributed by atoms with Crippen molar-refractivity contribution in [3.63, 3.8) is 0 Å². The molecule has 0 saturated heterocycles. The van der Waals surface area contributed by atoms with Crippen molar-refractivity contribution in [1.29, 1.82) is 0 Å². The highest BCUT2D eigenvalue weighted by Gasteiger charge is 2.63. The Morgan fingerprint density at radius 2 is 1.74 bits per heavy atom. The molecular weight excluding hydrogens is 492 g/mol. The van der Waals surface area contributed by atoms with E-state index >= 15 is 0 Å². The Bertz CT molecular complexity index is 1230. The van der Waals surface area contributed by atoms with Crippen molar-refractivity contribution >= 4 is 33.0 Å². The first-order chi connectivity index (χ1) is 15.9. The molecule has 184 valence electrons. The van der Waals surface area contributed by atoms with Gasteiger partial charge in [0.05, 0.1) is 26.9 Å². The molecule has 3 aliphatic rings. The van der Waals surface area contributed by atoms with Gasteiger partial charge in [-0.05, 0) is 68.4 Å². The fourth-order valence-electron chi connectivity index (χ4n) is 5.14. The Balaban J connectivity index is 1.56. The van der Waals surface area contributed by atoms with Crippen LogP contribution in [0.1, 0.15) is 36.5 Å². The normalized spacial score (nSPS) is 28.0. The molecule has 2 aromatic rings. The van der Waals surface area contributed by atoms with Gasteiger partial charge in [0.2, 0.25) is 0 Å². The summed E-state index contributed by atoms with van der Waals surface area (Å²) in [4.78, 5) is 12.4. The summed E-state index contributed by atoms with van der Waals surface area (Å²) in [5.74, 6) is -3.96. The van der Waals surface area contributed by atoms with E-state index in [9.17, 15) is 37.3 Å². The molecule has 3 fully saturated rings. The van der Waals surface area contributed by atoms with Crippen molar-refractivity contribution in [2.75, 3.05) is 5.32 Å². The van der Waals surface area contributed by atoms with Crippen molar-refractivity contribution in [3.8, 4) is 0 Å². The van der Waals surface area contributed by atoms with Crippen molar-refractivity contribution in [2.24, 2.45) is 11.8 Å². The van der Waals surface area contributed by atoms with Crippen LogP contribution in [0.3, 0.4) is 0 Å². The number of aliphatic hydroxyl groups excluding tert-OH is 2. The lowest BCUT2D eigenvalue weighted by molar-refractivity contribution is -0.249. The molecule has 34 heavy (non-hydrogen) atoms. The smallest absolute Gasteiger partial charge is 0.255 e. The predicted octanol–water partition coefficient (Wildman–Crippen LogP) is 2.92. The molecule has 11 heteroatoms. The number of benzene rings is 2. The van der Waals surface area contributed by atoms with Crippen LogP contribution in [0.15, 0.2) is 41.3 Å². The summed E-state index contributed by atoms with van der Waals surface area (Å²) in [5.41, 5.74) is -1.60. The number of hydrogen-bond donors (Lipinski definition) is 4. The van der Waals surface area contributed by atoms with Gasteiger partial charge in [0.15, 0.2) is 21.5 Å². The van der Waals surface area contributed by atoms with Gasteiger partial charge in [-0.1, -0.05) is 11.6 Å². The zero-order valence-electron chi connectivity index (χ0n) is 18.1. The number of sulfone groups is 1. The molecule has 1 amide bonds. The number of carbonyl (C=O) groups is 1. The summed E-state index contributed by atoms with van der Waals surface area (Å²) < 4.78 is 53.3. The maximum atomic E-state index is 13.4. The van der Waals surface area contributed by atoms with Gasteiger partial charge in [0, 0.05) is 17.3 Å². The summed E-state index contributed by atoms with van der Waals surface area (Å²) in [6.45, 7) is 1.36. The number of anilines is 1. The van der Waals surface area contributed by atoms with Crippen LogP contribution in [-0.4, -0.2) is 52.7 Å². The van der Waals surface area contributed by atoms with Gasteiger partial charge in [0.25, 0.3) is 5.91 Å². The molecule has 0 aromatic heterocycles. The third kappa shape index (κ3) is 4.11. The minimum atomic E-state index is -4.01. The third-order valence-electron chi connectivity index (χ3n) is 7.02. The van der Waals surface area contributed by atoms with Gasteiger partial charge in [-0.15, -0.1) is 0 Å². The van der Waals surface area contributed by atoms with Gasteiger partial charge in [-0.25, -0.2) is 17.2 Å². The van der Waals surface area contributed by atoms with E-state index in [0.29, 0.717) is 6.42 Å². The Kier molecular flexibility index (Phi) is 6.50. The Morgan fingerprint density at radius 1 is 1.09 bits per heavy atom. The number of carbonyl (C=O) groups excluding carboxylic acids is 1. The monoisotopic (exact) mass is 515 g/mol. The standard InChI is InChI=1S/C23H24ClF2NO6S/c1-11(28)21(29)23(31)13-7-14(23)9-16(8-13)34(32,33)20-6-12(2-4-17(20)24)22(30)27-15-3-5-18(25)19(26)10-15/h2-6,10-11,13-14,16,21,28-29,31H,7-9H2,1H3,(H,27,30)/t11-,13?,14?,16-,21-,23-/m1/s1. The molecular formula is C23H24ClF2NO6S. The second kappa shape index (κ2) is 8.83. The van der Waals surface area contributed by atoms with Crippen LogP contribution in [0, 0.1) is 23.5 Å². The van der Waals surface area contributed by atoms with Crippen LogP contribution in [0.25, 0.3) is 0 Å². The number of hydrogen-bond acceptors (Lipinski definition) is 6. The number of nitrogens with one attached hydrogen (secondary N) is 1. The minimum absolute atomic E-state index is 0.00780. The first-order valence-electron chi connectivity index (χ1n) is 10.7. The van der Waals surface area contributed by atoms with Crippen LogP contribution in [0.2, 0.25) is 5.02 Å². The second-order valence-corrected chi connectivity index (χ2v) is 11.7. The molecule has 2 aromatic carbocycles. The molecule has 0 spiro atoms. The molecule has 3 saturated carbocycles.